The first-order chi connectivity index (χ1) is 14.4. The van der Waals surface area contributed by atoms with Gasteiger partial charge in [0.15, 0.2) is 0 Å². The maximum Gasteiger partial charge on any atom is 0.223 e. The smallest absolute Gasteiger partial charge is 0.223 e. The van der Waals surface area contributed by atoms with Crippen molar-refractivity contribution in [2.45, 2.75) is 44.2 Å². The van der Waals surface area contributed by atoms with Gasteiger partial charge < -0.3 is 14.9 Å². The molecule has 30 heavy (non-hydrogen) atoms. The van der Waals surface area contributed by atoms with Crippen molar-refractivity contribution in [1.82, 2.24) is 9.80 Å². The number of nitrogens with zero attached hydrogens (tertiary/aromatic N) is 2. The van der Waals surface area contributed by atoms with Gasteiger partial charge in [0.25, 0.3) is 0 Å². The van der Waals surface area contributed by atoms with Gasteiger partial charge in [-0.3, -0.25) is 9.59 Å². The minimum Gasteiger partial charge on any atom is -0.394 e. The van der Waals surface area contributed by atoms with Crippen molar-refractivity contribution in [2.24, 2.45) is 0 Å². The molecule has 0 aromatic heterocycles. The fraction of sp³-hybridized carbons (Fsp3) is 0.417. The van der Waals surface area contributed by atoms with Gasteiger partial charge in [-0.2, -0.15) is 0 Å². The van der Waals surface area contributed by atoms with Crippen LogP contribution in [0.1, 0.15) is 38.2 Å². The minimum absolute atomic E-state index is 0.0110. The Morgan fingerprint density at radius 3 is 2.00 bits per heavy atom. The molecule has 2 aromatic carbocycles. The Labute approximate surface area is 176 Å². The Bertz CT molecular complexity index is 936. The Morgan fingerprint density at radius 1 is 0.967 bits per heavy atom. The highest BCUT2D eigenvalue weighted by Gasteiger charge is 2.67. The van der Waals surface area contributed by atoms with Crippen molar-refractivity contribution in [3.8, 4) is 11.1 Å². The number of likely N-dealkylation sites (tertiary alicyclic amines) is 2. The third-order valence-corrected chi connectivity index (χ3v) is 6.57. The molecule has 2 saturated heterocycles. The number of aliphatic hydroxyl groups excluding tert-OH is 1. The number of carbonyl (C=O) groups is 2. The van der Waals surface area contributed by atoms with Crippen LogP contribution in [0.4, 0.5) is 4.39 Å². The van der Waals surface area contributed by atoms with E-state index >= 15 is 0 Å². The highest BCUT2D eigenvalue weighted by Crippen LogP contribution is 2.54. The molecule has 1 spiro atoms. The number of carbonyl (C=O) groups excluding carboxylic acids is 2. The molecule has 1 N–H and O–H groups in total. The van der Waals surface area contributed by atoms with E-state index in [1.54, 1.807) is 17.0 Å². The Morgan fingerprint density at radius 2 is 1.50 bits per heavy atom. The van der Waals surface area contributed by atoms with Crippen LogP contribution < -0.4 is 0 Å². The lowest BCUT2D eigenvalue weighted by Gasteiger charge is -2.70. The van der Waals surface area contributed by atoms with Gasteiger partial charge in [0.2, 0.25) is 11.8 Å². The fourth-order valence-corrected chi connectivity index (χ4v) is 5.12. The van der Waals surface area contributed by atoms with Crippen LogP contribution in [0.3, 0.4) is 0 Å². The number of hydrogen-bond acceptors (Lipinski definition) is 3. The molecule has 5 nitrogen and oxygen atoms in total. The van der Waals surface area contributed by atoms with Gasteiger partial charge in [0.05, 0.1) is 18.2 Å². The number of aliphatic hydroxyl groups is 1. The molecule has 0 bridgehead atoms. The zero-order chi connectivity index (χ0) is 21.5. The minimum atomic E-state index is -0.442. The summed E-state index contributed by atoms with van der Waals surface area (Å²) in [4.78, 5) is 28.4. The lowest BCUT2D eigenvalue weighted by molar-refractivity contribution is -0.202. The third kappa shape index (κ3) is 3.10. The van der Waals surface area contributed by atoms with Crippen LogP contribution in [0.5, 0.6) is 0 Å². The molecule has 2 amide bonds. The molecule has 2 atom stereocenters. The SMILES string of the molecule is CCC(=O)N1CC2(C1)[C@H](c1ccc(-c3ccc(F)cc3)cc1)[C@H](CO)N2C(=O)CC. The Balaban J connectivity index is 1.63. The highest BCUT2D eigenvalue weighted by molar-refractivity contribution is 5.82. The van der Waals surface area contributed by atoms with E-state index in [-0.39, 0.29) is 36.2 Å². The molecule has 2 aromatic rings. The van der Waals surface area contributed by atoms with Crippen molar-refractivity contribution < 1.29 is 19.1 Å². The number of halogens is 1. The summed E-state index contributed by atoms with van der Waals surface area (Å²) in [6, 6.07) is 14.1. The summed E-state index contributed by atoms with van der Waals surface area (Å²) in [5.41, 5.74) is 2.51. The Hall–Kier alpha value is -2.73. The van der Waals surface area contributed by atoms with Crippen LogP contribution in [-0.2, 0) is 9.59 Å². The zero-order valence-electron chi connectivity index (χ0n) is 17.3. The molecule has 4 rings (SSSR count). The normalized spacial score (nSPS) is 21.9. The summed E-state index contributed by atoms with van der Waals surface area (Å²) in [5, 5.41) is 10.1. The number of hydrogen-bond donors (Lipinski definition) is 1. The van der Waals surface area contributed by atoms with Crippen LogP contribution >= 0.6 is 0 Å². The average molecular weight is 410 g/mol. The maximum atomic E-state index is 13.2. The van der Waals surface area contributed by atoms with Crippen LogP contribution in [0.25, 0.3) is 11.1 Å². The van der Waals surface area contributed by atoms with Gasteiger partial charge >= 0.3 is 0 Å². The van der Waals surface area contributed by atoms with Gasteiger partial charge in [0, 0.05) is 31.8 Å². The van der Waals surface area contributed by atoms with Crippen molar-refractivity contribution in [3.05, 3.63) is 59.9 Å². The third-order valence-electron chi connectivity index (χ3n) is 6.57. The van der Waals surface area contributed by atoms with Crippen molar-refractivity contribution in [3.63, 3.8) is 0 Å². The fourth-order valence-electron chi connectivity index (χ4n) is 5.12. The predicted octanol–water partition coefficient (Wildman–Crippen LogP) is 3.18. The molecule has 2 fully saturated rings. The summed E-state index contributed by atoms with van der Waals surface area (Å²) < 4.78 is 13.2. The van der Waals surface area contributed by atoms with E-state index in [0.29, 0.717) is 25.9 Å². The first-order valence-electron chi connectivity index (χ1n) is 10.5. The molecular formula is C24H27FN2O3. The first-order valence-corrected chi connectivity index (χ1v) is 10.5. The van der Waals surface area contributed by atoms with E-state index in [2.05, 4.69) is 0 Å². The number of benzene rings is 2. The topological polar surface area (TPSA) is 60.9 Å². The molecule has 0 aliphatic carbocycles. The predicted molar refractivity (Wildman–Crippen MR) is 112 cm³/mol. The van der Waals surface area contributed by atoms with Gasteiger partial charge in [-0.25, -0.2) is 4.39 Å². The van der Waals surface area contributed by atoms with Crippen LogP contribution in [-0.4, -0.2) is 58.0 Å². The summed E-state index contributed by atoms with van der Waals surface area (Å²) >= 11 is 0. The van der Waals surface area contributed by atoms with Crippen LogP contribution in [0, 0.1) is 5.82 Å². The monoisotopic (exact) mass is 410 g/mol. The van der Waals surface area contributed by atoms with Crippen molar-refractivity contribution in [2.75, 3.05) is 19.7 Å². The average Bonchev–Trinajstić information content (AvgIpc) is 2.73. The maximum absolute atomic E-state index is 13.2. The second-order valence-electron chi connectivity index (χ2n) is 8.18. The summed E-state index contributed by atoms with van der Waals surface area (Å²) in [7, 11) is 0. The first kappa shape index (κ1) is 20.5. The Kier molecular flexibility index (Phi) is 5.36. The summed E-state index contributed by atoms with van der Waals surface area (Å²) in [6.45, 7) is 4.56. The van der Waals surface area contributed by atoms with Crippen LogP contribution in [0.15, 0.2) is 48.5 Å². The molecule has 2 aliphatic heterocycles. The van der Waals surface area contributed by atoms with E-state index in [1.807, 2.05) is 43.0 Å². The lowest BCUT2D eigenvalue weighted by atomic mass is 9.60. The number of amides is 2. The number of rotatable bonds is 5. The second-order valence-corrected chi connectivity index (χ2v) is 8.18. The molecular weight excluding hydrogens is 383 g/mol. The summed E-state index contributed by atoms with van der Waals surface area (Å²) in [6.07, 6.45) is 0.814. The van der Waals surface area contributed by atoms with Gasteiger partial charge in [-0.1, -0.05) is 50.2 Å². The molecule has 2 aliphatic rings. The van der Waals surface area contributed by atoms with Gasteiger partial charge in [-0.15, -0.1) is 0 Å². The van der Waals surface area contributed by atoms with E-state index in [1.165, 1.54) is 12.1 Å². The summed E-state index contributed by atoms with van der Waals surface area (Å²) in [5.74, 6) is -0.199. The highest BCUT2D eigenvalue weighted by atomic mass is 19.1. The second kappa shape index (κ2) is 7.84. The molecule has 0 radical (unpaired) electrons. The largest absolute Gasteiger partial charge is 0.394 e. The van der Waals surface area contributed by atoms with Crippen LogP contribution in [0.2, 0.25) is 0 Å². The molecule has 158 valence electrons. The lowest BCUT2D eigenvalue weighted by Crippen LogP contribution is -2.85. The van der Waals surface area contributed by atoms with Gasteiger partial charge in [0.1, 0.15) is 5.82 Å². The van der Waals surface area contributed by atoms with Gasteiger partial charge in [-0.05, 0) is 28.8 Å². The molecule has 0 saturated carbocycles. The van der Waals surface area contributed by atoms with E-state index in [4.69, 9.17) is 0 Å². The van der Waals surface area contributed by atoms with E-state index in [9.17, 15) is 19.1 Å². The zero-order valence-corrected chi connectivity index (χ0v) is 17.3. The molecule has 2 heterocycles. The van der Waals surface area contributed by atoms with E-state index < -0.39 is 5.54 Å². The molecule has 6 heteroatoms. The van der Waals surface area contributed by atoms with Crippen molar-refractivity contribution in [1.29, 1.82) is 0 Å². The quantitative estimate of drug-likeness (QED) is 0.824. The molecule has 0 unspecified atom stereocenters. The van der Waals surface area contributed by atoms with Crippen molar-refractivity contribution >= 4 is 11.8 Å². The standard InChI is InChI=1S/C24H27FN2O3/c1-3-21(29)26-14-24(15-26)23(20(13-28)27(24)22(30)4-2)18-7-5-16(6-8-18)17-9-11-19(25)12-10-17/h5-12,20,23,28H,3-4,13-15H2,1-2H3/t20-,23+/m0/s1. The van der Waals surface area contributed by atoms with E-state index in [0.717, 1.165) is 16.7 Å².